The number of rotatable bonds is 6. The molecule has 0 spiro atoms. The fraction of sp³-hybridized carbons (Fsp3) is 0.174. The first-order valence-corrected chi connectivity index (χ1v) is 10.9. The molecular weight excluding hydrogens is 471 g/mol. The van der Waals surface area contributed by atoms with Gasteiger partial charge in [0.05, 0.1) is 30.4 Å². The van der Waals surface area contributed by atoms with Gasteiger partial charge in [-0.1, -0.05) is 24.3 Å². The molecule has 7 nitrogen and oxygen atoms in total. The lowest BCUT2D eigenvalue weighted by atomic mass is 10.1. The average Bonchev–Trinajstić information content (AvgIpc) is 3.30. The summed E-state index contributed by atoms with van der Waals surface area (Å²) in [7, 11) is 1.51. The third-order valence-corrected chi connectivity index (χ3v) is 6.04. The first-order valence-electron chi connectivity index (χ1n) is 9.99. The normalized spacial score (nSPS) is 11.5. The van der Waals surface area contributed by atoms with Crippen LogP contribution in [0.25, 0.3) is 10.2 Å². The lowest BCUT2D eigenvalue weighted by Gasteiger charge is -2.15. The van der Waals surface area contributed by atoms with Crippen molar-refractivity contribution in [2.75, 3.05) is 12.4 Å². The standard InChI is InChI=1S/C23H18F3N3O4S/c1-33-15-8-6-14(7-9-15)12-29-21(31)20-18(10-11-34-20)28(22(29)32)13-19(30)27-17-5-3-2-4-16(17)23(24,25)26/h2-11H,12-13H2,1H3,(H,27,30). The number of alkyl halides is 3. The molecule has 1 amide bonds. The van der Waals surface area contributed by atoms with Crippen LogP contribution in [0, 0.1) is 0 Å². The van der Waals surface area contributed by atoms with E-state index in [1.165, 1.54) is 25.3 Å². The lowest BCUT2D eigenvalue weighted by molar-refractivity contribution is -0.137. The number of benzene rings is 2. The molecule has 0 saturated carbocycles. The maximum Gasteiger partial charge on any atom is 0.418 e. The maximum atomic E-state index is 13.3. The molecule has 1 N–H and O–H groups in total. The minimum atomic E-state index is -4.66. The third-order valence-electron chi connectivity index (χ3n) is 5.14. The Hall–Kier alpha value is -3.86. The van der Waals surface area contributed by atoms with E-state index < -0.39 is 41.1 Å². The number of hydrogen-bond acceptors (Lipinski definition) is 5. The molecule has 0 aliphatic carbocycles. The number of para-hydroxylation sites is 1. The number of aromatic nitrogens is 2. The second-order valence-electron chi connectivity index (χ2n) is 7.33. The predicted octanol–water partition coefficient (Wildman–Crippen LogP) is 3.94. The van der Waals surface area contributed by atoms with Crippen LogP contribution in [0.4, 0.5) is 18.9 Å². The van der Waals surface area contributed by atoms with Crippen LogP contribution >= 0.6 is 11.3 Å². The van der Waals surface area contributed by atoms with Gasteiger partial charge in [-0.15, -0.1) is 11.3 Å². The summed E-state index contributed by atoms with van der Waals surface area (Å²) in [5.41, 5.74) is -1.77. The quantitative estimate of drug-likeness (QED) is 0.445. The molecule has 0 fully saturated rings. The Balaban J connectivity index is 1.69. The molecule has 0 unspecified atom stereocenters. The number of halogens is 3. The zero-order chi connectivity index (χ0) is 24.5. The highest BCUT2D eigenvalue weighted by Gasteiger charge is 2.33. The number of carbonyl (C=O) groups excluding carboxylic acids is 1. The van der Waals surface area contributed by atoms with Gasteiger partial charge in [0.1, 0.15) is 17.0 Å². The topological polar surface area (TPSA) is 82.3 Å². The Morgan fingerprint density at radius 2 is 1.74 bits per heavy atom. The molecule has 2 aromatic carbocycles. The van der Waals surface area contributed by atoms with Gasteiger partial charge in [-0.2, -0.15) is 13.2 Å². The highest BCUT2D eigenvalue weighted by atomic mass is 32.1. The lowest BCUT2D eigenvalue weighted by Crippen LogP contribution is -2.41. The van der Waals surface area contributed by atoms with Gasteiger partial charge in [-0.25, -0.2) is 4.79 Å². The van der Waals surface area contributed by atoms with Crippen molar-refractivity contribution in [3.8, 4) is 5.75 Å². The van der Waals surface area contributed by atoms with Crippen LogP contribution in [0.15, 0.2) is 69.6 Å². The molecule has 11 heteroatoms. The molecule has 0 aliphatic heterocycles. The van der Waals surface area contributed by atoms with Crippen LogP contribution in [0.3, 0.4) is 0 Å². The number of hydrogen-bond donors (Lipinski definition) is 1. The molecule has 2 aromatic heterocycles. The monoisotopic (exact) mass is 489 g/mol. The van der Waals surface area contributed by atoms with Crippen molar-refractivity contribution in [2.24, 2.45) is 0 Å². The van der Waals surface area contributed by atoms with Crippen molar-refractivity contribution in [1.82, 2.24) is 9.13 Å². The Labute approximate surface area is 194 Å². The van der Waals surface area contributed by atoms with E-state index in [0.717, 1.165) is 32.6 Å². The Kier molecular flexibility index (Phi) is 6.29. The highest BCUT2D eigenvalue weighted by molar-refractivity contribution is 7.17. The number of anilines is 1. The van der Waals surface area contributed by atoms with Gasteiger partial charge in [0.15, 0.2) is 0 Å². The van der Waals surface area contributed by atoms with Crippen LogP contribution in [-0.4, -0.2) is 22.2 Å². The second kappa shape index (κ2) is 9.18. The smallest absolute Gasteiger partial charge is 0.418 e. The minimum Gasteiger partial charge on any atom is -0.497 e. The van der Waals surface area contributed by atoms with Crippen molar-refractivity contribution in [1.29, 1.82) is 0 Å². The number of methoxy groups -OCH3 is 1. The minimum absolute atomic E-state index is 0.0476. The molecule has 4 aromatic rings. The van der Waals surface area contributed by atoms with E-state index in [0.29, 0.717) is 11.3 Å². The Morgan fingerprint density at radius 3 is 2.41 bits per heavy atom. The van der Waals surface area contributed by atoms with Gasteiger partial charge in [0.25, 0.3) is 5.56 Å². The fourth-order valence-corrected chi connectivity index (χ4v) is 4.35. The molecule has 0 atom stereocenters. The molecule has 0 bridgehead atoms. The number of amides is 1. The van der Waals surface area contributed by atoms with Crippen LogP contribution in [0.2, 0.25) is 0 Å². The van der Waals surface area contributed by atoms with Crippen molar-refractivity contribution in [2.45, 2.75) is 19.3 Å². The summed E-state index contributed by atoms with van der Waals surface area (Å²) in [5.74, 6) is -0.223. The van der Waals surface area contributed by atoms with Crippen LogP contribution in [-0.2, 0) is 24.1 Å². The number of carbonyl (C=O) groups is 1. The molecular formula is C23H18F3N3O4S. The van der Waals surface area contributed by atoms with E-state index in [2.05, 4.69) is 5.32 Å². The van der Waals surface area contributed by atoms with Gasteiger partial charge >= 0.3 is 11.9 Å². The van der Waals surface area contributed by atoms with Crippen molar-refractivity contribution < 1.29 is 22.7 Å². The molecule has 0 saturated heterocycles. The zero-order valence-corrected chi connectivity index (χ0v) is 18.6. The highest BCUT2D eigenvalue weighted by Crippen LogP contribution is 2.34. The average molecular weight is 489 g/mol. The van der Waals surface area contributed by atoms with E-state index in [1.807, 2.05) is 0 Å². The van der Waals surface area contributed by atoms with Crippen molar-refractivity contribution in [3.05, 3.63) is 91.9 Å². The van der Waals surface area contributed by atoms with Crippen LogP contribution in [0.1, 0.15) is 11.1 Å². The summed E-state index contributed by atoms with van der Waals surface area (Å²) in [4.78, 5) is 38.8. The van der Waals surface area contributed by atoms with Gasteiger partial charge in [0, 0.05) is 0 Å². The fourth-order valence-electron chi connectivity index (χ4n) is 3.51. The Bertz CT molecular complexity index is 1470. The number of nitrogens with one attached hydrogen (secondary N) is 1. The first-order chi connectivity index (χ1) is 16.2. The molecule has 176 valence electrons. The van der Waals surface area contributed by atoms with Crippen molar-refractivity contribution in [3.63, 3.8) is 0 Å². The van der Waals surface area contributed by atoms with E-state index in [9.17, 15) is 27.6 Å². The molecule has 0 aliphatic rings. The van der Waals surface area contributed by atoms with E-state index >= 15 is 0 Å². The molecule has 0 radical (unpaired) electrons. The number of fused-ring (bicyclic) bond motifs is 1. The van der Waals surface area contributed by atoms with Crippen molar-refractivity contribution >= 4 is 33.1 Å². The largest absolute Gasteiger partial charge is 0.497 e. The molecule has 34 heavy (non-hydrogen) atoms. The maximum absolute atomic E-state index is 13.3. The predicted molar refractivity (Wildman–Crippen MR) is 123 cm³/mol. The SMILES string of the molecule is COc1ccc(Cn2c(=O)c3sccc3n(CC(=O)Nc3ccccc3C(F)(F)F)c2=O)cc1. The van der Waals surface area contributed by atoms with E-state index in [-0.39, 0.29) is 16.8 Å². The summed E-state index contributed by atoms with van der Waals surface area (Å²) in [6, 6.07) is 12.9. The van der Waals surface area contributed by atoms with Crippen LogP contribution < -0.4 is 21.3 Å². The van der Waals surface area contributed by atoms with Gasteiger partial charge in [-0.05, 0) is 41.3 Å². The van der Waals surface area contributed by atoms with Gasteiger partial charge < -0.3 is 10.1 Å². The summed E-state index contributed by atoms with van der Waals surface area (Å²) in [6.07, 6.45) is -4.66. The van der Waals surface area contributed by atoms with Gasteiger partial charge in [0.2, 0.25) is 5.91 Å². The van der Waals surface area contributed by atoms with E-state index in [1.54, 1.807) is 29.6 Å². The number of nitrogens with zero attached hydrogens (tertiary/aromatic N) is 2. The summed E-state index contributed by atoms with van der Waals surface area (Å²) >= 11 is 1.11. The molecule has 2 heterocycles. The first kappa shape index (κ1) is 23.3. The Morgan fingerprint density at radius 1 is 1.03 bits per heavy atom. The zero-order valence-electron chi connectivity index (χ0n) is 17.8. The van der Waals surface area contributed by atoms with Crippen LogP contribution in [0.5, 0.6) is 5.75 Å². The summed E-state index contributed by atoms with van der Waals surface area (Å²) in [6.45, 7) is -0.616. The summed E-state index contributed by atoms with van der Waals surface area (Å²) in [5, 5.41) is 3.84. The summed E-state index contributed by atoms with van der Waals surface area (Å²) < 4.78 is 47.2. The number of ether oxygens (including phenoxy) is 1. The second-order valence-corrected chi connectivity index (χ2v) is 8.25. The van der Waals surface area contributed by atoms with Gasteiger partial charge in [-0.3, -0.25) is 18.7 Å². The molecule has 4 rings (SSSR count). The third kappa shape index (κ3) is 4.60. The van der Waals surface area contributed by atoms with E-state index in [4.69, 9.17) is 4.74 Å². The number of thiophene rings is 1.